The Kier molecular flexibility index (Phi) is 7.35. The predicted octanol–water partition coefficient (Wildman–Crippen LogP) is 3.23. The smallest absolute Gasteiger partial charge is 0.221 e. The van der Waals surface area contributed by atoms with E-state index >= 15 is 4.39 Å². The molecule has 2 aromatic rings. The highest BCUT2D eigenvalue weighted by atomic mass is 32.2. The van der Waals surface area contributed by atoms with E-state index in [9.17, 15) is 12.6 Å². The Hall–Kier alpha value is -1.98. The van der Waals surface area contributed by atoms with Crippen LogP contribution in [-0.4, -0.2) is 52.3 Å². The van der Waals surface area contributed by atoms with E-state index in [0.29, 0.717) is 50.1 Å². The molecule has 0 saturated carbocycles. The van der Waals surface area contributed by atoms with Gasteiger partial charge in [0.1, 0.15) is 22.9 Å². The topological polar surface area (TPSA) is 92.9 Å². The highest BCUT2D eigenvalue weighted by Gasteiger charge is 2.40. The number of benzene rings is 2. The lowest BCUT2D eigenvalue weighted by Gasteiger charge is -2.37. The van der Waals surface area contributed by atoms with E-state index in [0.717, 1.165) is 5.56 Å². The number of sulfonamides is 1. The van der Waals surface area contributed by atoms with Crippen LogP contribution in [0.5, 0.6) is 5.75 Å². The normalized spacial score (nSPS) is 26.1. The van der Waals surface area contributed by atoms with E-state index in [-0.39, 0.29) is 18.7 Å². The molecule has 0 amide bonds. The van der Waals surface area contributed by atoms with Crippen molar-refractivity contribution in [2.24, 2.45) is 5.14 Å². The third kappa shape index (κ3) is 5.46. The highest BCUT2D eigenvalue weighted by Crippen LogP contribution is 2.38. The third-order valence-electron chi connectivity index (χ3n) is 6.69. The molecule has 2 saturated heterocycles. The van der Waals surface area contributed by atoms with Gasteiger partial charge in [-0.25, -0.2) is 26.5 Å². The van der Waals surface area contributed by atoms with Crippen molar-refractivity contribution in [1.29, 1.82) is 0 Å². The number of rotatable bonds is 6. The zero-order chi connectivity index (χ0) is 24.5. The SMILES string of the molecule is C=S(N)(=O)N1CCC(Oc2ccc(CN3C(C)CCC(c4ccccc4)S3(=O)=O)c(F)c2)CC1. The summed E-state index contributed by atoms with van der Waals surface area (Å²) in [6.45, 7) is 2.84. The van der Waals surface area contributed by atoms with E-state index < -0.39 is 31.0 Å². The number of ether oxygens (including phenoxy) is 1. The zero-order valence-corrected chi connectivity index (χ0v) is 20.9. The fraction of sp³-hybridized carbons (Fsp3) is 0.458. The molecular formula is C24H32FN3O4S2. The van der Waals surface area contributed by atoms with Crippen molar-refractivity contribution in [3.63, 3.8) is 0 Å². The largest absolute Gasteiger partial charge is 0.490 e. The molecule has 2 N–H and O–H groups in total. The first-order valence-electron chi connectivity index (χ1n) is 11.5. The van der Waals surface area contributed by atoms with E-state index in [1.807, 2.05) is 37.3 Å². The molecule has 3 atom stereocenters. The van der Waals surface area contributed by atoms with Crippen molar-refractivity contribution in [1.82, 2.24) is 8.61 Å². The van der Waals surface area contributed by atoms with Crippen molar-refractivity contribution in [2.75, 3.05) is 13.1 Å². The van der Waals surface area contributed by atoms with Gasteiger partial charge >= 0.3 is 0 Å². The van der Waals surface area contributed by atoms with Gasteiger partial charge < -0.3 is 4.74 Å². The van der Waals surface area contributed by atoms with Crippen LogP contribution in [0.1, 0.15) is 49.0 Å². The molecular weight excluding hydrogens is 477 g/mol. The van der Waals surface area contributed by atoms with Gasteiger partial charge in [0.25, 0.3) is 0 Å². The Bertz CT molecular complexity index is 1210. The Labute approximate surface area is 202 Å². The fourth-order valence-electron chi connectivity index (χ4n) is 4.70. The van der Waals surface area contributed by atoms with Crippen LogP contribution in [0.3, 0.4) is 0 Å². The van der Waals surface area contributed by atoms with Gasteiger partial charge in [0.05, 0.1) is 9.89 Å². The maximum atomic E-state index is 15.0. The van der Waals surface area contributed by atoms with Crippen molar-refractivity contribution >= 4 is 25.8 Å². The first-order chi connectivity index (χ1) is 16.1. The molecule has 2 heterocycles. The lowest BCUT2D eigenvalue weighted by molar-refractivity contribution is 0.136. The van der Waals surface area contributed by atoms with Crippen LogP contribution in [0.25, 0.3) is 0 Å². The maximum Gasteiger partial charge on any atom is 0.221 e. The van der Waals surface area contributed by atoms with Gasteiger partial charge in [-0.15, -0.1) is 0 Å². The number of hydrogen-bond acceptors (Lipinski definition) is 4. The molecule has 0 aliphatic carbocycles. The van der Waals surface area contributed by atoms with Crippen LogP contribution >= 0.6 is 0 Å². The molecule has 7 nitrogen and oxygen atoms in total. The summed E-state index contributed by atoms with van der Waals surface area (Å²) in [5.41, 5.74) is 1.07. The highest BCUT2D eigenvalue weighted by molar-refractivity contribution is 7.96. The standard InChI is InChI=1S/C24H32FN3O4S2/c1-18-8-11-24(19-6-4-3-5-7-19)34(30,31)28(18)17-20-9-10-22(16-23(20)25)32-21-12-14-27(15-13-21)33(2,26)29/h3-7,9-10,16,18,21,24H,2,8,11-15,17H2,1H3,(H2,26,29). The van der Waals surface area contributed by atoms with E-state index in [1.165, 1.54) is 10.4 Å². The Morgan fingerprint density at radius 3 is 2.41 bits per heavy atom. The molecule has 186 valence electrons. The molecule has 3 unspecified atom stereocenters. The predicted molar refractivity (Wildman–Crippen MR) is 133 cm³/mol. The molecule has 4 rings (SSSR count). The monoisotopic (exact) mass is 509 g/mol. The maximum absolute atomic E-state index is 15.0. The molecule has 0 bridgehead atoms. The second-order valence-electron chi connectivity index (χ2n) is 9.11. The number of halogens is 1. The molecule has 2 aliphatic rings. The molecule has 34 heavy (non-hydrogen) atoms. The van der Waals surface area contributed by atoms with Gasteiger partial charge in [0.15, 0.2) is 0 Å². The van der Waals surface area contributed by atoms with Gasteiger partial charge in [-0.3, -0.25) is 0 Å². The molecule has 2 fully saturated rings. The number of nitrogens with zero attached hydrogens (tertiary/aromatic N) is 2. The van der Waals surface area contributed by atoms with Crippen LogP contribution in [0, 0.1) is 5.82 Å². The summed E-state index contributed by atoms with van der Waals surface area (Å²) in [6, 6.07) is 13.6. The first kappa shape index (κ1) is 25.1. The van der Waals surface area contributed by atoms with E-state index in [2.05, 4.69) is 5.87 Å². The number of piperidine rings is 1. The Balaban J connectivity index is 1.45. The van der Waals surface area contributed by atoms with Crippen LogP contribution in [0.4, 0.5) is 4.39 Å². The Morgan fingerprint density at radius 2 is 1.79 bits per heavy atom. The second-order valence-corrected chi connectivity index (χ2v) is 13.1. The van der Waals surface area contributed by atoms with Gasteiger partial charge in [0.2, 0.25) is 10.0 Å². The lowest BCUT2D eigenvalue weighted by Crippen LogP contribution is -2.45. The average Bonchev–Trinajstić information content (AvgIpc) is 2.78. The summed E-state index contributed by atoms with van der Waals surface area (Å²) < 4.78 is 62.7. The van der Waals surface area contributed by atoms with Crippen molar-refractivity contribution in [3.8, 4) is 5.75 Å². The summed E-state index contributed by atoms with van der Waals surface area (Å²) in [5, 5.41) is 4.98. The van der Waals surface area contributed by atoms with Gasteiger partial charge in [0, 0.05) is 37.3 Å². The third-order valence-corrected chi connectivity index (χ3v) is 10.3. The minimum absolute atomic E-state index is 0.0221. The van der Waals surface area contributed by atoms with Crippen molar-refractivity contribution < 1.29 is 21.8 Å². The van der Waals surface area contributed by atoms with Crippen LogP contribution < -0.4 is 9.88 Å². The molecule has 2 aromatic carbocycles. The summed E-state index contributed by atoms with van der Waals surface area (Å²) in [4.78, 5) is 0. The first-order valence-corrected chi connectivity index (χ1v) is 14.7. The fourth-order valence-corrected chi connectivity index (χ4v) is 7.72. The Morgan fingerprint density at radius 1 is 1.12 bits per heavy atom. The molecule has 0 spiro atoms. The average molecular weight is 510 g/mol. The minimum Gasteiger partial charge on any atom is -0.490 e. The molecule has 0 aromatic heterocycles. The molecule has 0 radical (unpaired) electrons. The summed E-state index contributed by atoms with van der Waals surface area (Å²) in [6.07, 6.45) is 2.33. The van der Waals surface area contributed by atoms with Crippen LogP contribution in [0.2, 0.25) is 0 Å². The molecule has 2 aliphatic heterocycles. The van der Waals surface area contributed by atoms with Crippen LogP contribution in [0.15, 0.2) is 48.5 Å². The summed E-state index contributed by atoms with van der Waals surface area (Å²) in [7, 11) is -6.36. The summed E-state index contributed by atoms with van der Waals surface area (Å²) >= 11 is 0. The molecule has 10 heteroatoms. The van der Waals surface area contributed by atoms with Crippen molar-refractivity contribution in [3.05, 3.63) is 65.5 Å². The van der Waals surface area contributed by atoms with Gasteiger partial charge in [-0.2, -0.15) is 4.31 Å². The minimum atomic E-state index is -3.64. The van der Waals surface area contributed by atoms with Crippen LogP contribution in [-0.2, 0) is 26.5 Å². The summed E-state index contributed by atoms with van der Waals surface area (Å²) in [5.74, 6) is 3.39. The second kappa shape index (κ2) is 9.94. The van der Waals surface area contributed by atoms with E-state index in [4.69, 9.17) is 9.88 Å². The number of hydrogen-bond donors (Lipinski definition) is 1. The lowest BCUT2D eigenvalue weighted by atomic mass is 10.0. The van der Waals surface area contributed by atoms with Gasteiger partial charge in [-0.1, -0.05) is 36.4 Å². The zero-order valence-electron chi connectivity index (χ0n) is 19.3. The quantitative estimate of drug-likeness (QED) is 0.605. The van der Waals surface area contributed by atoms with Crippen molar-refractivity contribution in [2.45, 2.75) is 56.5 Å². The van der Waals surface area contributed by atoms with Gasteiger partial charge in [-0.05, 0) is 50.1 Å². The number of nitrogens with two attached hydrogens (primary N) is 1. The van der Waals surface area contributed by atoms with E-state index in [1.54, 1.807) is 16.4 Å².